The second-order valence-corrected chi connectivity index (χ2v) is 5.24. The van der Waals surface area contributed by atoms with E-state index in [1.54, 1.807) is 0 Å². The normalized spacial score (nSPS) is 13.2. The Bertz CT molecular complexity index is 590. The zero-order chi connectivity index (χ0) is 13.2. The summed E-state index contributed by atoms with van der Waals surface area (Å²) in [6.45, 7) is 5.15. The average Bonchev–Trinajstić information content (AvgIpc) is 2.85. The smallest absolute Gasteiger partial charge is 0.120 e. The molecule has 0 amide bonds. The van der Waals surface area contributed by atoms with E-state index in [9.17, 15) is 0 Å². The fourth-order valence-corrected chi connectivity index (χ4v) is 2.51. The van der Waals surface area contributed by atoms with Gasteiger partial charge < -0.3 is 10.1 Å². The van der Waals surface area contributed by atoms with Crippen molar-refractivity contribution in [3.63, 3.8) is 0 Å². The Kier molecular flexibility index (Phi) is 3.16. The Morgan fingerprint density at radius 1 is 1.05 bits per heavy atom. The summed E-state index contributed by atoms with van der Waals surface area (Å²) in [6.07, 6.45) is 1.32. The summed E-state index contributed by atoms with van der Waals surface area (Å²) < 4.78 is 5.76. The molecule has 2 heteroatoms. The van der Waals surface area contributed by atoms with E-state index < -0.39 is 0 Å². The molecule has 98 valence electrons. The Morgan fingerprint density at radius 2 is 1.89 bits per heavy atom. The van der Waals surface area contributed by atoms with Crippen LogP contribution in [0.1, 0.15) is 19.4 Å². The van der Waals surface area contributed by atoms with Gasteiger partial charge in [-0.2, -0.15) is 0 Å². The van der Waals surface area contributed by atoms with Gasteiger partial charge >= 0.3 is 0 Å². The molecule has 0 fully saturated rings. The molecule has 0 aliphatic carbocycles. The lowest BCUT2D eigenvalue weighted by atomic mass is 10.0. The van der Waals surface area contributed by atoms with E-state index in [1.807, 2.05) is 19.9 Å². The number of rotatable bonds is 3. The SMILES string of the molecule is CC(C)Oc1cccc(-c2ccc3c(c2)CCN3)c1. The molecule has 0 saturated heterocycles. The first kappa shape index (κ1) is 12.1. The molecule has 1 N–H and O–H groups in total. The predicted molar refractivity (Wildman–Crippen MR) is 79.8 cm³/mol. The fraction of sp³-hybridized carbons (Fsp3) is 0.294. The highest BCUT2D eigenvalue weighted by molar-refractivity contribution is 5.70. The number of benzene rings is 2. The summed E-state index contributed by atoms with van der Waals surface area (Å²) in [6, 6.07) is 14.9. The monoisotopic (exact) mass is 253 g/mol. The maximum atomic E-state index is 5.76. The van der Waals surface area contributed by atoms with E-state index in [0.29, 0.717) is 0 Å². The van der Waals surface area contributed by atoms with Crippen LogP contribution >= 0.6 is 0 Å². The summed E-state index contributed by atoms with van der Waals surface area (Å²) >= 11 is 0. The number of nitrogens with one attached hydrogen (secondary N) is 1. The quantitative estimate of drug-likeness (QED) is 0.888. The average molecular weight is 253 g/mol. The Morgan fingerprint density at radius 3 is 2.74 bits per heavy atom. The Labute approximate surface area is 114 Å². The van der Waals surface area contributed by atoms with Crippen LogP contribution in [0.5, 0.6) is 5.75 Å². The first-order valence-corrected chi connectivity index (χ1v) is 6.86. The van der Waals surface area contributed by atoms with Crippen LogP contribution in [-0.4, -0.2) is 12.6 Å². The molecule has 0 atom stereocenters. The molecule has 1 heterocycles. The standard InChI is InChI=1S/C17H19NO/c1-12(2)19-16-5-3-4-13(11-16)14-6-7-17-15(10-14)8-9-18-17/h3-7,10-12,18H,8-9H2,1-2H3. The molecule has 1 aliphatic rings. The van der Waals surface area contributed by atoms with Gasteiger partial charge in [0.2, 0.25) is 0 Å². The molecule has 0 aromatic heterocycles. The minimum Gasteiger partial charge on any atom is -0.491 e. The maximum absolute atomic E-state index is 5.76. The highest BCUT2D eigenvalue weighted by Crippen LogP contribution is 2.30. The minimum absolute atomic E-state index is 0.208. The van der Waals surface area contributed by atoms with Crippen molar-refractivity contribution in [3.8, 4) is 16.9 Å². The van der Waals surface area contributed by atoms with Crippen LogP contribution in [0, 0.1) is 0 Å². The van der Waals surface area contributed by atoms with Gasteiger partial charge in [0, 0.05) is 12.2 Å². The number of fused-ring (bicyclic) bond motifs is 1. The highest BCUT2D eigenvalue weighted by Gasteiger charge is 2.11. The number of hydrogen-bond acceptors (Lipinski definition) is 2. The van der Waals surface area contributed by atoms with Gasteiger partial charge in [-0.15, -0.1) is 0 Å². The van der Waals surface area contributed by atoms with Crippen molar-refractivity contribution in [2.45, 2.75) is 26.4 Å². The minimum atomic E-state index is 0.208. The predicted octanol–water partition coefficient (Wildman–Crippen LogP) is 4.11. The van der Waals surface area contributed by atoms with Crippen molar-refractivity contribution in [1.29, 1.82) is 0 Å². The van der Waals surface area contributed by atoms with E-state index in [-0.39, 0.29) is 6.10 Å². The van der Waals surface area contributed by atoms with Crippen LogP contribution in [-0.2, 0) is 6.42 Å². The number of ether oxygens (including phenoxy) is 1. The van der Waals surface area contributed by atoms with Crippen LogP contribution in [0.2, 0.25) is 0 Å². The summed E-state index contributed by atoms with van der Waals surface area (Å²) in [7, 11) is 0. The van der Waals surface area contributed by atoms with Gasteiger partial charge in [-0.25, -0.2) is 0 Å². The summed E-state index contributed by atoms with van der Waals surface area (Å²) in [5.74, 6) is 0.936. The Hall–Kier alpha value is -1.96. The largest absolute Gasteiger partial charge is 0.491 e. The van der Waals surface area contributed by atoms with E-state index >= 15 is 0 Å². The van der Waals surface area contributed by atoms with Crippen molar-refractivity contribution in [2.75, 3.05) is 11.9 Å². The lowest BCUT2D eigenvalue weighted by molar-refractivity contribution is 0.242. The zero-order valence-electron chi connectivity index (χ0n) is 11.4. The molecule has 0 bridgehead atoms. The summed E-state index contributed by atoms with van der Waals surface area (Å²) in [4.78, 5) is 0. The molecule has 2 aromatic rings. The second-order valence-electron chi connectivity index (χ2n) is 5.24. The zero-order valence-corrected chi connectivity index (χ0v) is 11.4. The van der Waals surface area contributed by atoms with Crippen molar-refractivity contribution >= 4 is 5.69 Å². The van der Waals surface area contributed by atoms with Crippen molar-refractivity contribution in [3.05, 3.63) is 48.0 Å². The van der Waals surface area contributed by atoms with E-state index in [4.69, 9.17) is 4.74 Å². The van der Waals surface area contributed by atoms with Crippen molar-refractivity contribution in [2.24, 2.45) is 0 Å². The van der Waals surface area contributed by atoms with Gasteiger partial charge in [-0.3, -0.25) is 0 Å². The van der Waals surface area contributed by atoms with E-state index in [1.165, 1.54) is 22.4 Å². The summed E-state index contributed by atoms with van der Waals surface area (Å²) in [5, 5.41) is 3.39. The fourth-order valence-electron chi connectivity index (χ4n) is 2.51. The van der Waals surface area contributed by atoms with Gasteiger partial charge in [0.25, 0.3) is 0 Å². The molecule has 2 nitrogen and oxygen atoms in total. The van der Waals surface area contributed by atoms with Gasteiger partial charge in [0.05, 0.1) is 6.10 Å². The lowest BCUT2D eigenvalue weighted by Crippen LogP contribution is -2.05. The van der Waals surface area contributed by atoms with Crippen molar-refractivity contribution < 1.29 is 4.74 Å². The van der Waals surface area contributed by atoms with Gasteiger partial charge in [0.1, 0.15) is 5.75 Å². The van der Waals surface area contributed by atoms with E-state index in [2.05, 4.69) is 41.7 Å². The molecular formula is C17H19NO. The molecule has 0 radical (unpaired) electrons. The van der Waals surface area contributed by atoms with E-state index in [0.717, 1.165) is 18.7 Å². The molecule has 2 aromatic carbocycles. The van der Waals surface area contributed by atoms with Crippen LogP contribution < -0.4 is 10.1 Å². The van der Waals surface area contributed by atoms with Gasteiger partial charge in [-0.1, -0.05) is 18.2 Å². The van der Waals surface area contributed by atoms with Crippen molar-refractivity contribution in [1.82, 2.24) is 0 Å². The molecule has 1 aliphatic heterocycles. The molecule has 3 rings (SSSR count). The van der Waals surface area contributed by atoms with Crippen LogP contribution in [0.4, 0.5) is 5.69 Å². The Balaban J connectivity index is 1.93. The number of hydrogen-bond donors (Lipinski definition) is 1. The van der Waals surface area contributed by atoms with Crippen LogP contribution in [0.3, 0.4) is 0 Å². The van der Waals surface area contributed by atoms with Crippen LogP contribution in [0.15, 0.2) is 42.5 Å². The topological polar surface area (TPSA) is 21.3 Å². The second kappa shape index (κ2) is 4.96. The third-order valence-electron chi connectivity index (χ3n) is 3.35. The molecule has 19 heavy (non-hydrogen) atoms. The first-order valence-electron chi connectivity index (χ1n) is 6.86. The third kappa shape index (κ3) is 2.58. The molecule has 0 saturated carbocycles. The lowest BCUT2D eigenvalue weighted by Gasteiger charge is -2.11. The maximum Gasteiger partial charge on any atom is 0.120 e. The molecule has 0 unspecified atom stereocenters. The van der Waals surface area contributed by atoms with Gasteiger partial charge in [0.15, 0.2) is 0 Å². The van der Waals surface area contributed by atoms with Gasteiger partial charge in [-0.05, 0) is 61.2 Å². The summed E-state index contributed by atoms with van der Waals surface area (Å²) in [5.41, 5.74) is 5.16. The molecular weight excluding hydrogens is 234 g/mol. The first-order chi connectivity index (χ1) is 9.22. The highest BCUT2D eigenvalue weighted by atomic mass is 16.5. The van der Waals surface area contributed by atoms with Crippen LogP contribution in [0.25, 0.3) is 11.1 Å². The number of anilines is 1. The third-order valence-corrected chi connectivity index (χ3v) is 3.35. The molecule has 0 spiro atoms.